The lowest BCUT2D eigenvalue weighted by atomic mass is 10.2. The van der Waals surface area contributed by atoms with Crippen LogP contribution in [0.1, 0.15) is 0 Å². The van der Waals surface area contributed by atoms with Gasteiger partial charge in [0.25, 0.3) is 0 Å². The molecule has 1 aromatic carbocycles. The standard InChI is InChI=1S/C11H15N5O2/c1-14-10(12)15-11(13)16(2)7-4-3-5-8-9(7)18-6-17-8/h3-5H,6H2,1-2H3,(H4,12,13,14,15). The van der Waals surface area contributed by atoms with Gasteiger partial charge in [-0.05, 0) is 12.1 Å². The van der Waals surface area contributed by atoms with Crippen LogP contribution < -0.4 is 25.8 Å². The molecular formula is C11H15N5O2. The molecule has 1 aliphatic rings. The lowest BCUT2D eigenvalue weighted by Crippen LogP contribution is -2.35. The van der Waals surface area contributed by atoms with E-state index in [1.165, 1.54) is 0 Å². The first kappa shape index (κ1) is 12.0. The van der Waals surface area contributed by atoms with Crippen LogP contribution in [0.25, 0.3) is 0 Å². The van der Waals surface area contributed by atoms with Gasteiger partial charge in [0.05, 0.1) is 5.69 Å². The van der Waals surface area contributed by atoms with Gasteiger partial charge in [0, 0.05) is 14.1 Å². The van der Waals surface area contributed by atoms with Gasteiger partial charge in [-0.25, -0.2) is 0 Å². The van der Waals surface area contributed by atoms with Gasteiger partial charge in [-0.15, -0.1) is 0 Å². The van der Waals surface area contributed by atoms with E-state index in [4.69, 9.17) is 20.9 Å². The first-order valence-electron chi connectivity index (χ1n) is 5.32. The Bertz CT molecular complexity index is 512. The molecule has 96 valence electrons. The summed E-state index contributed by atoms with van der Waals surface area (Å²) < 4.78 is 10.7. The zero-order valence-electron chi connectivity index (χ0n) is 10.3. The molecule has 18 heavy (non-hydrogen) atoms. The molecule has 0 aromatic heterocycles. The summed E-state index contributed by atoms with van der Waals surface area (Å²) in [5, 5.41) is 0. The zero-order valence-corrected chi connectivity index (χ0v) is 10.3. The number of nitrogens with zero attached hydrogens (tertiary/aromatic N) is 3. The van der Waals surface area contributed by atoms with Gasteiger partial charge < -0.3 is 25.8 Å². The van der Waals surface area contributed by atoms with Crippen molar-refractivity contribution in [1.82, 2.24) is 0 Å². The van der Waals surface area contributed by atoms with E-state index in [0.717, 1.165) is 5.69 Å². The number of para-hydroxylation sites is 1. The van der Waals surface area contributed by atoms with Crippen LogP contribution in [-0.2, 0) is 0 Å². The number of benzene rings is 1. The van der Waals surface area contributed by atoms with E-state index in [0.29, 0.717) is 11.5 Å². The van der Waals surface area contributed by atoms with Crippen molar-refractivity contribution in [3.05, 3.63) is 18.2 Å². The van der Waals surface area contributed by atoms with E-state index >= 15 is 0 Å². The topological polar surface area (TPSA) is 98.5 Å². The second-order valence-corrected chi connectivity index (χ2v) is 3.62. The average molecular weight is 249 g/mol. The van der Waals surface area contributed by atoms with Crippen LogP contribution in [-0.4, -0.2) is 32.8 Å². The van der Waals surface area contributed by atoms with Crippen molar-refractivity contribution in [3.63, 3.8) is 0 Å². The van der Waals surface area contributed by atoms with Crippen molar-refractivity contribution in [2.45, 2.75) is 0 Å². The smallest absolute Gasteiger partial charge is 0.231 e. The summed E-state index contributed by atoms with van der Waals surface area (Å²) >= 11 is 0. The van der Waals surface area contributed by atoms with Crippen LogP contribution in [0.4, 0.5) is 5.69 Å². The van der Waals surface area contributed by atoms with Crippen molar-refractivity contribution in [3.8, 4) is 11.5 Å². The van der Waals surface area contributed by atoms with Crippen molar-refractivity contribution in [1.29, 1.82) is 0 Å². The van der Waals surface area contributed by atoms with Gasteiger partial charge in [0.2, 0.25) is 18.7 Å². The van der Waals surface area contributed by atoms with Crippen LogP contribution >= 0.6 is 0 Å². The molecule has 1 heterocycles. The maximum Gasteiger partial charge on any atom is 0.231 e. The Balaban J connectivity index is 2.32. The Hall–Kier alpha value is -2.44. The number of guanidine groups is 2. The van der Waals surface area contributed by atoms with E-state index in [-0.39, 0.29) is 18.7 Å². The number of fused-ring (bicyclic) bond motifs is 1. The summed E-state index contributed by atoms with van der Waals surface area (Å²) in [7, 11) is 3.31. The predicted octanol–water partition coefficient (Wildman–Crippen LogP) is 0.111. The third kappa shape index (κ3) is 2.15. The average Bonchev–Trinajstić information content (AvgIpc) is 2.85. The van der Waals surface area contributed by atoms with E-state index in [1.807, 2.05) is 18.2 Å². The van der Waals surface area contributed by atoms with Crippen LogP contribution in [0.5, 0.6) is 11.5 Å². The van der Waals surface area contributed by atoms with E-state index < -0.39 is 0 Å². The summed E-state index contributed by atoms with van der Waals surface area (Å²) in [6, 6.07) is 5.54. The number of hydrogen-bond acceptors (Lipinski definition) is 3. The number of rotatable bonds is 1. The third-order valence-corrected chi connectivity index (χ3v) is 2.54. The second-order valence-electron chi connectivity index (χ2n) is 3.62. The molecule has 0 saturated heterocycles. The van der Waals surface area contributed by atoms with Crippen molar-refractivity contribution >= 4 is 17.6 Å². The minimum Gasteiger partial charge on any atom is -0.454 e. The predicted molar refractivity (Wildman–Crippen MR) is 70.1 cm³/mol. The lowest BCUT2D eigenvalue weighted by Gasteiger charge is -2.19. The van der Waals surface area contributed by atoms with Crippen LogP contribution in [0.3, 0.4) is 0 Å². The Morgan fingerprint density at radius 1 is 1.33 bits per heavy atom. The molecule has 1 aromatic rings. The quantitative estimate of drug-likeness (QED) is 0.543. The molecular weight excluding hydrogens is 234 g/mol. The highest BCUT2D eigenvalue weighted by molar-refractivity contribution is 6.02. The Labute approximate surface area is 105 Å². The van der Waals surface area contributed by atoms with Crippen LogP contribution in [0.2, 0.25) is 0 Å². The van der Waals surface area contributed by atoms with Crippen LogP contribution in [0.15, 0.2) is 28.2 Å². The van der Waals surface area contributed by atoms with Gasteiger partial charge in [-0.1, -0.05) is 6.07 Å². The maximum atomic E-state index is 5.84. The fourth-order valence-electron chi connectivity index (χ4n) is 1.54. The molecule has 0 radical (unpaired) electrons. The highest BCUT2D eigenvalue weighted by atomic mass is 16.7. The highest BCUT2D eigenvalue weighted by Gasteiger charge is 2.20. The molecule has 0 fully saturated rings. The molecule has 7 heteroatoms. The largest absolute Gasteiger partial charge is 0.454 e. The number of nitrogens with two attached hydrogens (primary N) is 2. The second kappa shape index (κ2) is 4.82. The summed E-state index contributed by atoms with van der Waals surface area (Å²) in [5.74, 6) is 1.67. The molecule has 0 unspecified atom stereocenters. The summed E-state index contributed by atoms with van der Waals surface area (Å²) in [6.45, 7) is 0.204. The Kier molecular flexibility index (Phi) is 3.22. The fraction of sp³-hybridized carbons (Fsp3) is 0.273. The van der Waals surface area contributed by atoms with E-state index in [9.17, 15) is 0 Å². The molecule has 4 N–H and O–H groups in total. The van der Waals surface area contributed by atoms with Gasteiger partial charge in [-0.3, -0.25) is 4.99 Å². The maximum absolute atomic E-state index is 5.84. The third-order valence-electron chi connectivity index (χ3n) is 2.54. The van der Waals surface area contributed by atoms with Crippen LogP contribution in [0, 0.1) is 0 Å². The minimum absolute atomic E-state index is 0.115. The number of hydrogen-bond donors (Lipinski definition) is 2. The fourth-order valence-corrected chi connectivity index (χ4v) is 1.54. The summed E-state index contributed by atoms with van der Waals surface area (Å²) in [5.41, 5.74) is 12.1. The lowest BCUT2D eigenvalue weighted by molar-refractivity contribution is 0.174. The van der Waals surface area contributed by atoms with Crippen molar-refractivity contribution in [2.24, 2.45) is 21.5 Å². The zero-order chi connectivity index (χ0) is 13.1. The van der Waals surface area contributed by atoms with Gasteiger partial charge in [-0.2, -0.15) is 4.99 Å². The first-order valence-corrected chi connectivity index (χ1v) is 5.32. The number of anilines is 1. The minimum atomic E-state index is 0.115. The Morgan fingerprint density at radius 2 is 2.11 bits per heavy atom. The summed E-state index contributed by atoms with van der Waals surface area (Å²) in [6.07, 6.45) is 0. The first-order chi connectivity index (χ1) is 8.63. The molecule has 0 bridgehead atoms. The van der Waals surface area contributed by atoms with Gasteiger partial charge in [0.15, 0.2) is 11.5 Å². The van der Waals surface area contributed by atoms with Crippen molar-refractivity contribution in [2.75, 3.05) is 25.8 Å². The highest BCUT2D eigenvalue weighted by Crippen LogP contribution is 2.40. The number of aliphatic imine (C=N–C) groups is 2. The van der Waals surface area contributed by atoms with Gasteiger partial charge in [0.1, 0.15) is 0 Å². The SMILES string of the molecule is CN=C(N)N=C(N)N(C)c1cccc2c1OCO2. The Morgan fingerprint density at radius 3 is 2.83 bits per heavy atom. The van der Waals surface area contributed by atoms with E-state index in [2.05, 4.69) is 9.98 Å². The molecule has 2 rings (SSSR count). The normalized spacial score (nSPS) is 14.8. The number of ether oxygens (including phenoxy) is 2. The van der Waals surface area contributed by atoms with Crippen molar-refractivity contribution < 1.29 is 9.47 Å². The molecule has 7 nitrogen and oxygen atoms in total. The molecule has 0 atom stereocenters. The van der Waals surface area contributed by atoms with E-state index in [1.54, 1.807) is 19.0 Å². The van der Waals surface area contributed by atoms with Gasteiger partial charge >= 0.3 is 0 Å². The molecule has 0 spiro atoms. The molecule has 0 amide bonds. The molecule has 0 saturated carbocycles. The molecule has 1 aliphatic heterocycles. The molecule has 0 aliphatic carbocycles. The summed E-state index contributed by atoms with van der Waals surface area (Å²) in [4.78, 5) is 9.33. The monoisotopic (exact) mass is 249 g/mol.